The molecule has 0 saturated carbocycles. The van der Waals surface area contributed by atoms with Gasteiger partial charge in [-0.1, -0.05) is 26.0 Å². The van der Waals surface area contributed by atoms with Crippen LogP contribution in [0.15, 0.2) is 36.4 Å². The van der Waals surface area contributed by atoms with E-state index in [1.807, 2.05) is 26.0 Å². The van der Waals surface area contributed by atoms with Crippen LogP contribution in [0.25, 0.3) is 0 Å². The number of hydrogen-bond donors (Lipinski definition) is 4. The van der Waals surface area contributed by atoms with Gasteiger partial charge in [0.05, 0.1) is 7.11 Å². The van der Waals surface area contributed by atoms with Crippen LogP contribution < -0.4 is 40.2 Å². The third kappa shape index (κ3) is 20.5. The second kappa shape index (κ2) is 28.9. The zero-order valence-corrected chi connectivity index (χ0v) is 29.8. The van der Waals surface area contributed by atoms with Gasteiger partial charge in [-0.2, -0.15) is 0 Å². The van der Waals surface area contributed by atoms with Crippen molar-refractivity contribution >= 4 is 71.1 Å². The molecule has 47 heavy (non-hydrogen) atoms. The van der Waals surface area contributed by atoms with Gasteiger partial charge in [-0.15, -0.1) is 46.4 Å². The number of unbranched alkanes of at least 4 members (excludes halogenated alkanes) is 1. The first-order chi connectivity index (χ1) is 22.8. The van der Waals surface area contributed by atoms with Crippen molar-refractivity contribution in [2.45, 2.75) is 39.5 Å². The Labute approximate surface area is 296 Å². The molecule has 0 unspecified atom stereocenters. The number of aryl methyl sites for hydroxylation is 2. The molecule has 0 saturated heterocycles. The standard InChI is InChI=1S/C26H32Cl3N3O7.C3H6ClNO.C2H6/c1-36-22-16-18(6-8-20(22)37-24(33)30-13-10-27)4-2-3-5-19-7-9-21(38-25(34)31-14-11-28)23(17-19)39-26(35)32-15-12-29;4-1-2-5-3-6;1-2/h6-9,16-17H,2-5,10-15H2,1H3,(H,30,33)(H,31,34)(H,32,35);3H,1-2H2,(H,5,6);1-2H3. The van der Waals surface area contributed by atoms with Crippen molar-refractivity contribution in [1.82, 2.24) is 21.3 Å². The van der Waals surface area contributed by atoms with Crippen molar-refractivity contribution in [1.29, 1.82) is 0 Å². The minimum absolute atomic E-state index is 0.0950. The molecule has 0 spiro atoms. The number of alkyl halides is 4. The van der Waals surface area contributed by atoms with E-state index in [4.69, 9.17) is 65.4 Å². The zero-order chi connectivity index (χ0) is 35.3. The molecule has 0 heterocycles. The Bertz CT molecular complexity index is 1190. The molecule has 12 nitrogen and oxygen atoms in total. The van der Waals surface area contributed by atoms with E-state index in [1.165, 1.54) is 7.11 Å². The van der Waals surface area contributed by atoms with E-state index in [-0.39, 0.29) is 42.2 Å². The number of benzene rings is 2. The van der Waals surface area contributed by atoms with Gasteiger partial charge in [0.2, 0.25) is 6.41 Å². The fourth-order valence-corrected chi connectivity index (χ4v) is 3.84. The first-order valence-electron chi connectivity index (χ1n) is 14.9. The van der Waals surface area contributed by atoms with E-state index < -0.39 is 18.3 Å². The Balaban J connectivity index is 0.00000237. The summed E-state index contributed by atoms with van der Waals surface area (Å²) in [4.78, 5) is 45.2. The molecular weight excluding hydrogens is 698 g/mol. The largest absolute Gasteiger partial charge is 0.493 e. The van der Waals surface area contributed by atoms with Crippen molar-refractivity contribution in [3.8, 4) is 23.0 Å². The minimum atomic E-state index is -0.711. The van der Waals surface area contributed by atoms with Gasteiger partial charge >= 0.3 is 18.3 Å². The molecule has 16 heteroatoms. The molecule has 4 amide bonds. The fraction of sp³-hybridized carbons (Fsp3) is 0.484. The van der Waals surface area contributed by atoms with Gasteiger partial charge in [0.1, 0.15) is 0 Å². The Morgan fingerprint density at radius 3 is 1.36 bits per heavy atom. The van der Waals surface area contributed by atoms with E-state index in [2.05, 4.69) is 21.3 Å². The highest BCUT2D eigenvalue weighted by Gasteiger charge is 2.15. The third-order valence-corrected chi connectivity index (χ3v) is 6.19. The number of amides is 4. The van der Waals surface area contributed by atoms with Crippen molar-refractivity contribution in [2.24, 2.45) is 0 Å². The van der Waals surface area contributed by atoms with E-state index in [0.29, 0.717) is 43.3 Å². The molecule has 2 rings (SSSR count). The van der Waals surface area contributed by atoms with Gasteiger partial charge in [-0.3, -0.25) is 4.79 Å². The molecule has 0 fully saturated rings. The van der Waals surface area contributed by atoms with Crippen LogP contribution in [0.3, 0.4) is 0 Å². The molecule has 0 aliphatic rings. The molecule has 4 N–H and O–H groups in total. The third-order valence-electron chi connectivity index (χ3n) is 5.44. The summed E-state index contributed by atoms with van der Waals surface area (Å²) in [6.07, 6.45) is 1.74. The molecule has 0 atom stereocenters. The summed E-state index contributed by atoms with van der Waals surface area (Å²) >= 11 is 21.9. The Morgan fingerprint density at radius 2 is 1.00 bits per heavy atom. The van der Waals surface area contributed by atoms with Crippen LogP contribution in [0, 0.1) is 0 Å². The lowest BCUT2D eigenvalue weighted by Crippen LogP contribution is -2.30. The fourth-order valence-electron chi connectivity index (χ4n) is 3.45. The summed E-state index contributed by atoms with van der Waals surface area (Å²) in [6, 6.07) is 10.4. The summed E-state index contributed by atoms with van der Waals surface area (Å²) < 4.78 is 21.3. The highest BCUT2D eigenvalue weighted by molar-refractivity contribution is 6.18. The van der Waals surface area contributed by atoms with Gasteiger partial charge in [0.15, 0.2) is 23.0 Å². The van der Waals surface area contributed by atoms with Crippen LogP contribution in [0.1, 0.15) is 37.8 Å². The van der Waals surface area contributed by atoms with Gasteiger partial charge in [0.25, 0.3) is 0 Å². The molecular formula is C31H44Cl4N4O8. The molecule has 0 aromatic heterocycles. The highest BCUT2D eigenvalue weighted by atomic mass is 35.5. The zero-order valence-electron chi connectivity index (χ0n) is 26.8. The molecule has 0 radical (unpaired) electrons. The molecule has 0 aliphatic heterocycles. The number of carbonyl (C=O) groups excluding carboxylic acids is 4. The van der Waals surface area contributed by atoms with E-state index >= 15 is 0 Å². The van der Waals surface area contributed by atoms with E-state index in [1.54, 1.807) is 24.3 Å². The van der Waals surface area contributed by atoms with Crippen molar-refractivity contribution in [3.63, 3.8) is 0 Å². The lowest BCUT2D eigenvalue weighted by atomic mass is 10.0. The van der Waals surface area contributed by atoms with Crippen LogP contribution in [0.4, 0.5) is 14.4 Å². The average Bonchev–Trinajstić information content (AvgIpc) is 3.09. The monoisotopic (exact) mass is 740 g/mol. The van der Waals surface area contributed by atoms with Gasteiger partial charge < -0.3 is 40.2 Å². The summed E-state index contributed by atoms with van der Waals surface area (Å²) in [5.74, 6) is 2.20. The van der Waals surface area contributed by atoms with E-state index in [0.717, 1.165) is 30.4 Å². The molecule has 264 valence electrons. The lowest BCUT2D eigenvalue weighted by Gasteiger charge is -2.13. The SMILES string of the molecule is CC.COc1cc(CCCCc2ccc(OC(=O)NCCCl)c(OC(=O)NCCCl)c2)ccc1OC(=O)NCCCl.O=CNCCCl. The number of rotatable bonds is 18. The predicted molar refractivity (Wildman–Crippen MR) is 186 cm³/mol. The lowest BCUT2D eigenvalue weighted by molar-refractivity contribution is -0.109. The number of carbonyl (C=O) groups is 4. The Hall–Kier alpha value is -3.32. The smallest absolute Gasteiger partial charge is 0.412 e. The maximum Gasteiger partial charge on any atom is 0.412 e. The van der Waals surface area contributed by atoms with E-state index in [9.17, 15) is 19.2 Å². The second-order valence-corrected chi connectivity index (χ2v) is 10.3. The molecule has 2 aromatic carbocycles. The summed E-state index contributed by atoms with van der Waals surface area (Å²) in [7, 11) is 1.51. The van der Waals surface area contributed by atoms with Crippen molar-refractivity contribution < 1.29 is 38.1 Å². The summed E-state index contributed by atoms with van der Waals surface area (Å²) in [5.41, 5.74) is 1.92. The van der Waals surface area contributed by atoms with Crippen molar-refractivity contribution in [2.75, 3.05) is 56.8 Å². The number of hydrogen-bond acceptors (Lipinski definition) is 8. The Morgan fingerprint density at radius 1 is 0.617 bits per heavy atom. The first-order valence-corrected chi connectivity index (χ1v) is 17.0. The van der Waals surface area contributed by atoms with Crippen LogP contribution in [0.2, 0.25) is 0 Å². The van der Waals surface area contributed by atoms with Crippen molar-refractivity contribution in [3.05, 3.63) is 47.5 Å². The maximum absolute atomic E-state index is 12.1. The van der Waals surface area contributed by atoms with Crippen LogP contribution in [-0.2, 0) is 17.6 Å². The Kier molecular flexibility index (Phi) is 26.8. The summed E-state index contributed by atoms with van der Waals surface area (Å²) in [6.45, 7) is 5.32. The van der Waals surface area contributed by atoms with Crippen LogP contribution >= 0.6 is 46.4 Å². The van der Waals surface area contributed by atoms with Gasteiger partial charge in [0, 0.05) is 49.7 Å². The van der Waals surface area contributed by atoms with Gasteiger partial charge in [-0.25, -0.2) is 14.4 Å². The van der Waals surface area contributed by atoms with Crippen LogP contribution in [0.5, 0.6) is 23.0 Å². The maximum atomic E-state index is 12.1. The quantitative estimate of drug-likeness (QED) is 0.0796. The number of ether oxygens (including phenoxy) is 4. The number of methoxy groups -OCH3 is 1. The highest BCUT2D eigenvalue weighted by Crippen LogP contribution is 2.31. The number of halogens is 4. The first kappa shape index (κ1) is 43.7. The average molecular weight is 743 g/mol. The number of nitrogens with one attached hydrogen (secondary N) is 4. The molecule has 0 bridgehead atoms. The van der Waals surface area contributed by atoms with Gasteiger partial charge in [-0.05, 0) is 61.1 Å². The topological polar surface area (TPSA) is 153 Å². The minimum Gasteiger partial charge on any atom is -0.493 e. The normalized spacial score (nSPS) is 9.68. The second-order valence-electron chi connectivity index (χ2n) is 8.75. The molecule has 0 aliphatic carbocycles. The predicted octanol–water partition coefficient (Wildman–Crippen LogP) is 6.24. The summed E-state index contributed by atoms with van der Waals surface area (Å²) in [5, 5.41) is 9.91. The molecule has 2 aromatic rings. The van der Waals surface area contributed by atoms with Crippen LogP contribution in [-0.4, -0.2) is 81.5 Å².